The molecule has 0 fully saturated rings. The maximum Gasteiger partial charge on any atom is 0 e. The molecule has 30 valence electrons. The van der Waals surface area contributed by atoms with Crippen molar-refractivity contribution in [3.8, 4) is 0 Å². The van der Waals surface area contributed by atoms with E-state index in [1.165, 1.54) is 0 Å². The summed E-state index contributed by atoms with van der Waals surface area (Å²) in [7, 11) is 0. The molecule has 4 heavy (non-hydrogen) atoms. The Morgan fingerprint density at radius 2 is 0.500 bits per heavy atom. The van der Waals surface area contributed by atoms with Crippen LogP contribution in [0.1, 0.15) is 0 Å². The molecule has 4 heteroatoms. The summed E-state index contributed by atoms with van der Waals surface area (Å²) >= 11 is 0. The summed E-state index contributed by atoms with van der Waals surface area (Å²) in [4.78, 5) is 0. The third kappa shape index (κ3) is 13.8. The second-order valence-corrected chi connectivity index (χ2v) is 0. The summed E-state index contributed by atoms with van der Waals surface area (Å²) in [5.74, 6) is 0. The highest BCUT2D eigenvalue weighted by atomic mass is 35.5. The van der Waals surface area contributed by atoms with E-state index in [9.17, 15) is 0 Å². The molecule has 0 aromatic carbocycles. The summed E-state index contributed by atoms with van der Waals surface area (Å²) in [5.41, 5.74) is 0. The van der Waals surface area contributed by atoms with Crippen molar-refractivity contribution >= 4 is 37.2 Å². The molecule has 0 aromatic heterocycles. The average molecular weight is 125 g/mol. The monoisotopic (exact) mass is 124 g/mol. The van der Waals surface area contributed by atoms with E-state index >= 15 is 0 Å². The van der Waals surface area contributed by atoms with Crippen molar-refractivity contribution in [2.24, 2.45) is 0 Å². The zero-order chi connectivity index (χ0) is 0. The van der Waals surface area contributed by atoms with Crippen molar-refractivity contribution in [3.05, 3.63) is 0 Å². The molecule has 0 saturated carbocycles. The first kappa shape index (κ1) is 103. The van der Waals surface area contributed by atoms with E-state index in [-0.39, 0.29) is 42.7 Å². The fourth-order valence-corrected chi connectivity index (χ4v) is 0. The van der Waals surface area contributed by atoms with Crippen molar-refractivity contribution in [3.63, 3.8) is 0 Å². The van der Waals surface area contributed by atoms with Gasteiger partial charge >= 0.3 is 0 Å². The van der Waals surface area contributed by atoms with Gasteiger partial charge in [0.05, 0.1) is 0 Å². The molecule has 0 heterocycles. The zero-order valence-electron chi connectivity index (χ0n) is 1.63. The molecular weight excluding hydrogens is 122 g/mol. The van der Waals surface area contributed by atoms with Gasteiger partial charge in [0, 0.05) is 5.48 Å². The van der Waals surface area contributed by atoms with Crippen LogP contribution in [0.3, 0.4) is 0 Å². The van der Waals surface area contributed by atoms with Gasteiger partial charge in [-0.15, -0.1) is 37.2 Å². The standard InChI is InChI=1S/3ClH.O/h3*1H;. The van der Waals surface area contributed by atoms with Crippen LogP contribution in [0.15, 0.2) is 0 Å². The van der Waals surface area contributed by atoms with Gasteiger partial charge in [-0.05, 0) is 0 Å². The molecular formula is H3Cl3O. The zero-order valence-corrected chi connectivity index (χ0v) is 4.08. The molecule has 0 aliphatic carbocycles. The molecule has 0 aromatic rings. The topological polar surface area (TPSA) is 28.5 Å². The van der Waals surface area contributed by atoms with Crippen LogP contribution in [0.4, 0.5) is 0 Å². The van der Waals surface area contributed by atoms with Gasteiger partial charge in [-0.2, -0.15) is 0 Å². The number of hydrogen-bond donors (Lipinski definition) is 0. The van der Waals surface area contributed by atoms with E-state index in [1.807, 2.05) is 0 Å². The predicted molar refractivity (Wildman–Crippen MR) is 22.4 cm³/mol. The van der Waals surface area contributed by atoms with Crippen LogP contribution in [-0.2, 0) is 5.48 Å². The lowest BCUT2D eigenvalue weighted by Crippen LogP contribution is -0.119. The van der Waals surface area contributed by atoms with Crippen LogP contribution >= 0.6 is 37.2 Å². The minimum Gasteiger partial charge on any atom is -0.147 e. The first-order valence-electron chi connectivity index (χ1n) is 0. The van der Waals surface area contributed by atoms with E-state index < -0.39 is 0 Å². The molecule has 0 atom stereocenters. The van der Waals surface area contributed by atoms with Crippen LogP contribution in [0.2, 0.25) is 0 Å². The van der Waals surface area contributed by atoms with E-state index in [4.69, 9.17) is 0 Å². The van der Waals surface area contributed by atoms with E-state index in [0.29, 0.717) is 0 Å². The lowest BCUT2D eigenvalue weighted by molar-refractivity contribution is 0.686. The van der Waals surface area contributed by atoms with Crippen molar-refractivity contribution < 1.29 is 5.48 Å². The van der Waals surface area contributed by atoms with Gasteiger partial charge in [0.1, 0.15) is 0 Å². The first-order chi connectivity index (χ1) is 0. The highest BCUT2D eigenvalue weighted by molar-refractivity contribution is 5.86. The normalized spacial score (nSPS) is 0. The molecule has 1 nitrogen and oxygen atoms in total. The first-order valence-corrected chi connectivity index (χ1v) is 0. The Hall–Kier alpha value is 0.830. The second kappa shape index (κ2) is 44.5. The smallest absolute Gasteiger partial charge is 0 e. The number of halogens is 3. The van der Waals surface area contributed by atoms with Crippen molar-refractivity contribution in [1.82, 2.24) is 0 Å². The highest BCUT2D eigenvalue weighted by Crippen LogP contribution is 0.692. The van der Waals surface area contributed by atoms with Gasteiger partial charge < -0.3 is 0 Å². The molecule has 0 spiro atoms. The molecule has 0 aliphatic heterocycles. The fraction of sp³-hybridized carbons (Fsp3) is 0. The lowest BCUT2D eigenvalue weighted by Gasteiger charge is -0.148. The molecule has 0 rings (SSSR count). The maximum atomic E-state index is 0. The Bertz CT molecular complexity index is 3.25. The molecule has 0 amide bonds. The fourth-order valence-electron chi connectivity index (χ4n) is 0. The largest absolute Gasteiger partial charge is 0.147 e. The van der Waals surface area contributed by atoms with E-state index in [1.54, 1.807) is 0 Å². The summed E-state index contributed by atoms with van der Waals surface area (Å²) in [6.07, 6.45) is 0. The van der Waals surface area contributed by atoms with Gasteiger partial charge in [-0.3, -0.25) is 0 Å². The molecule has 0 N–H and O–H groups in total. The molecule has 0 saturated heterocycles. The Kier molecular flexibility index (Phi) is 1140. The Morgan fingerprint density at radius 1 is 0.500 bits per heavy atom. The maximum absolute atomic E-state index is 0. The van der Waals surface area contributed by atoms with Crippen LogP contribution in [0, 0.1) is 0 Å². The second-order valence-electron chi connectivity index (χ2n) is 0. The Balaban J connectivity index is 0. The van der Waals surface area contributed by atoms with Crippen LogP contribution < -0.4 is 0 Å². The number of rotatable bonds is 0. The van der Waals surface area contributed by atoms with Crippen molar-refractivity contribution in [2.45, 2.75) is 0 Å². The van der Waals surface area contributed by atoms with Crippen LogP contribution in [0.5, 0.6) is 0 Å². The molecule has 2 radical (unpaired) electrons. The van der Waals surface area contributed by atoms with Crippen LogP contribution in [-0.4, -0.2) is 0 Å². The molecule has 0 aliphatic rings. The van der Waals surface area contributed by atoms with Gasteiger partial charge in [0.25, 0.3) is 0 Å². The average Bonchev–Trinajstić information content (AvgIpc) is 0. The third-order valence-electron chi connectivity index (χ3n) is 0. The Labute approximate surface area is 43.3 Å². The quantitative estimate of drug-likeness (QED) is 0.465. The highest BCUT2D eigenvalue weighted by Gasteiger charge is 0.0000207. The number of hydrogen-bond acceptors (Lipinski definition) is 0. The van der Waals surface area contributed by atoms with Crippen LogP contribution in [0.25, 0.3) is 0 Å². The summed E-state index contributed by atoms with van der Waals surface area (Å²) in [6.45, 7) is 0. The Morgan fingerprint density at radius 3 is 0.500 bits per heavy atom. The minimum atomic E-state index is 0. The van der Waals surface area contributed by atoms with E-state index in [2.05, 4.69) is 0 Å². The van der Waals surface area contributed by atoms with Crippen molar-refractivity contribution in [2.75, 3.05) is 0 Å². The van der Waals surface area contributed by atoms with Gasteiger partial charge in [0.15, 0.2) is 0 Å². The van der Waals surface area contributed by atoms with E-state index in [0.717, 1.165) is 0 Å². The minimum absolute atomic E-state index is 0. The summed E-state index contributed by atoms with van der Waals surface area (Å²) < 4.78 is 0. The van der Waals surface area contributed by atoms with Crippen molar-refractivity contribution in [1.29, 1.82) is 0 Å². The van der Waals surface area contributed by atoms with Gasteiger partial charge in [-0.1, -0.05) is 0 Å². The molecule has 0 bridgehead atoms. The van der Waals surface area contributed by atoms with Gasteiger partial charge in [0.2, 0.25) is 0 Å². The lowest BCUT2D eigenvalue weighted by atomic mass is 16.0. The summed E-state index contributed by atoms with van der Waals surface area (Å²) in [5, 5.41) is 0. The SMILES string of the molecule is Cl.Cl.Cl.[O]. The molecule has 0 unspecified atom stereocenters. The van der Waals surface area contributed by atoms with Gasteiger partial charge in [-0.25, -0.2) is 0 Å². The summed E-state index contributed by atoms with van der Waals surface area (Å²) in [6, 6.07) is 0. The third-order valence-corrected chi connectivity index (χ3v) is 0. The predicted octanol–water partition coefficient (Wildman–Crippen LogP) is 1.15.